The predicted octanol–water partition coefficient (Wildman–Crippen LogP) is 4.88. The molecule has 1 aromatic carbocycles. The molecule has 2 aliphatic rings. The summed E-state index contributed by atoms with van der Waals surface area (Å²) in [6.07, 6.45) is 7.41. The first-order chi connectivity index (χ1) is 16.0. The van der Waals surface area contributed by atoms with E-state index in [1.807, 2.05) is 6.07 Å². The standard InChI is InChI=1S/C24H25F2N3O4/c1-31-20-9-16(10-21(33-24(25)26)23(20)19(30)8-14-2-3-14)18-12-27-22-11-17(28-13-29(18)22)15-4-6-32-7-5-15/h9-15,24H,2-8H2,1H3. The molecule has 0 radical (unpaired) electrons. The SMILES string of the molecule is COc1cc(-c2cnc3cc(C4CCOCC4)ncn23)cc(OC(F)F)c1C(=O)CC1CC1. The molecule has 0 amide bonds. The van der Waals surface area contributed by atoms with Crippen molar-refractivity contribution in [2.75, 3.05) is 20.3 Å². The molecule has 3 aromatic rings. The zero-order valence-electron chi connectivity index (χ0n) is 18.3. The highest BCUT2D eigenvalue weighted by Crippen LogP contribution is 2.40. The monoisotopic (exact) mass is 457 g/mol. The van der Waals surface area contributed by atoms with Crippen LogP contribution < -0.4 is 9.47 Å². The first-order valence-corrected chi connectivity index (χ1v) is 11.1. The van der Waals surface area contributed by atoms with Crippen LogP contribution >= 0.6 is 0 Å². The van der Waals surface area contributed by atoms with Gasteiger partial charge in [0.2, 0.25) is 0 Å². The number of imidazole rings is 1. The van der Waals surface area contributed by atoms with E-state index < -0.39 is 6.61 Å². The first kappa shape index (κ1) is 21.8. The van der Waals surface area contributed by atoms with Gasteiger partial charge in [-0.1, -0.05) is 0 Å². The largest absolute Gasteiger partial charge is 0.496 e. The average Bonchev–Trinajstić information content (AvgIpc) is 3.53. The Morgan fingerprint density at radius 2 is 1.91 bits per heavy atom. The summed E-state index contributed by atoms with van der Waals surface area (Å²) in [7, 11) is 1.41. The van der Waals surface area contributed by atoms with Gasteiger partial charge in [-0.3, -0.25) is 9.20 Å². The minimum atomic E-state index is -3.07. The highest BCUT2D eigenvalue weighted by atomic mass is 19.3. The topological polar surface area (TPSA) is 75.0 Å². The van der Waals surface area contributed by atoms with Crippen molar-refractivity contribution < 1.29 is 27.8 Å². The number of nitrogens with zero attached hydrogens (tertiary/aromatic N) is 3. The van der Waals surface area contributed by atoms with E-state index in [0.29, 0.717) is 35.2 Å². The van der Waals surface area contributed by atoms with E-state index in [-0.39, 0.29) is 22.8 Å². The fourth-order valence-electron chi connectivity index (χ4n) is 4.38. The molecule has 2 fully saturated rings. The highest BCUT2D eigenvalue weighted by molar-refractivity contribution is 6.02. The van der Waals surface area contributed by atoms with Crippen molar-refractivity contribution >= 4 is 11.4 Å². The van der Waals surface area contributed by atoms with Crippen LogP contribution in [0.4, 0.5) is 8.78 Å². The van der Waals surface area contributed by atoms with Gasteiger partial charge in [0.15, 0.2) is 5.78 Å². The van der Waals surface area contributed by atoms with E-state index in [9.17, 15) is 13.6 Å². The van der Waals surface area contributed by atoms with Crippen LogP contribution in [0.25, 0.3) is 16.9 Å². The lowest BCUT2D eigenvalue weighted by Gasteiger charge is -2.21. The number of carbonyl (C=O) groups is 1. The molecule has 9 heteroatoms. The number of alkyl halides is 2. The van der Waals surface area contributed by atoms with E-state index >= 15 is 0 Å². The summed E-state index contributed by atoms with van der Waals surface area (Å²) in [6.45, 7) is -1.63. The third kappa shape index (κ3) is 4.55. The molecule has 0 spiro atoms. The lowest BCUT2D eigenvalue weighted by atomic mass is 9.96. The summed E-state index contributed by atoms with van der Waals surface area (Å²) in [5, 5.41) is 0. The van der Waals surface area contributed by atoms with Crippen LogP contribution in [0.1, 0.15) is 54.1 Å². The number of aromatic nitrogens is 3. The number of rotatable bonds is 8. The summed E-state index contributed by atoms with van der Waals surface area (Å²) in [4.78, 5) is 21.9. The number of hydrogen-bond acceptors (Lipinski definition) is 6. The van der Waals surface area contributed by atoms with E-state index in [0.717, 1.165) is 44.6 Å². The number of methoxy groups -OCH3 is 1. The Labute approximate surface area is 189 Å². The van der Waals surface area contributed by atoms with Crippen molar-refractivity contribution in [3.05, 3.63) is 42.0 Å². The van der Waals surface area contributed by atoms with Crippen LogP contribution in [0.2, 0.25) is 0 Å². The molecule has 0 unspecified atom stereocenters. The van der Waals surface area contributed by atoms with Crippen LogP contribution in [0.15, 0.2) is 30.7 Å². The van der Waals surface area contributed by atoms with Gasteiger partial charge in [0.1, 0.15) is 29.0 Å². The van der Waals surface area contributed by atoms with Gasteiger partial charge in [-0.05, 0) is 43.7 Å². The van der Waals surface area contributed by atoms with Gasteiger partial charge < -0.3 is 14.2 Å². The number of hydrogen-bond donors (Lipinski definition) is 0. The van der Waals surface area contributed by atoms with Crippen LogP contribution in [0.3, 0.4) is 0 Å². The number of halogens is 2. The number of carbonyl (C=O) groups excluding carboxylic acids is 1. The summed E-state index contributed by atoms with van der Waals surface area (Å²) in [5.41, 5.74) is 2.89. The Hall–Kier alpha value is -3.07. The second-order valence-corrected chi connectivity index (χ2v) is 8.57. The highest BCUT2D eigenvalue weighted by Gasteiger charge is 2.30. The smallest absolute Gasteiger partial charge is 0.387 e. The Balaban J connectivity index is 1.54. The van der Waals surface area contributed by atoms with Crippen molar-refractivity contribution in [2.45, 2.75) is 44.6 Å². The molecule has 5 rings (SSSR count). The average molecular weight is 457 g/mol. The lowest BCUT2D eigenvalue weighted by Crippen LogP contribution is -2.15. The Kier molecular flexibility index (Phi) is 5.97. The molecule has 174 valence electrons. The number of Topliss-reactive ketones (excluding diaryl/α,β-unsaturated/α-hetero) is 1. The molecular formula is C24H25F2N3O4. The van der Waals surface area contributed by atoms with E-state index in [4.69, 9.17) is 14.2 Å². The van der Waals surface area contributed by atoms with Gasteiger partial charge in [0, 0.05) is 42.9 Å². The van der Waals surface area contributed by atoms with Crippen molar-refractivity contribution in [1.82, 2.24) is 14.4 Å². The second kappa shape index (κ2) is 9.05. The molecular weight excluding hydrogens is 432 g/mol. The molecule has 3 heterocycles. The molecule has 0 bridgehead atoms. The maximum Gasteiger partial charge on any atom is 0.387 e. The number of benzene rings is 1. The van der Waals surface area contributed by atoms with Crippen LogP contribution in [-0.2, 0) is 4.74 Å². The Morgan fingerprint density at radius 1 is 1.15 bits per heavy atom. The maximum atomic E-state index is 13.2. The summed E-state index contributed by atoms with van der Waals surface area (Å²) in [5.74, 6) is 0.391. The number of ketones is 1. The van der Waals surface area contributed by atoms with Crippen molar-refractivity contribution in [2.24, 2.45) is 5.92 Å². The van der Waals surface area contributed by atoms with Crippen molar-refractivity contribution in [3.63, 3.8) is 0 Å². The van der Waals surface area contributed by atoms with Gasteiger partial charge in [-0.25, -0.2) is 9.97 Å². The van der Waals surface area contributed by atoms with E-state index in [1.165, 1.54) is 13.2 Å². The maximum absolute atomic E-state index is 13.2. The fraction of sp³-hybridized carbons (Fsp3) is 0.458. The zero-order chi connectivity index (χ0) is 22.9. The van der Waals surface area contributed by atoms with Crippen LogP contribution in [-0.4, -0.2) is 47.1 Å². The van der Waals surface area contributed by atoms with Gasteiger partial charge in [-0.2, -0.15) is 8.78 Å². The minimum absolute atomic E-state index is 0.0576. The molecule has 0 N–H and O–H groups in total. The predicted molar refractivity (Wildman–Crippen MR) is 116 cm³/mol. The van der Waals surface area contributed by atoms with E-state index in [1.54, 1.807) is 23.0 Å². The molecule has 1 aliphatic carbocycles. The summed E-state index contributed by atoms with van der Waals surface area (Å²) < 4.78 is 43.8. The third-order valence-corrected chi connectivity index (χ3v) is 6.31. The Bertz CT molecular complexity index is 1170. The van der Waals surface area contributed by atoms with Gasteiger partial charge in [0.05, 0.1) is 19.0 Å². The molecule has 1 saturated carbocycles. The first-order valence-electron chi connectivity index (χ1n) is 11.1. The molecule has 7 nitrogen and oxygen atoms in total. The van der Waals surface area contributed by atoms with Crippen LogP contribution in [0.5, 0.6) is 11.5 Å². The molecule has 2 aromatic heterocycles. The van der Waals surface area contributed by atoms with E-state index in [2.05, 4.69) is 9.97 Å². The van der Waals surface area contributed by atoms with Crippen molar-refractivity contribution in [1.29, 1.82) is 0 Å². The van der Waals surface area contributed by atoms with Crippen LogP contribution in [0, 0.1) is 5.92 Å². The molecule has 33 heavy (non-hydrogen) atoms. The van der Waals surface area contributed by atoms with Gasteiger partial charge >= 0.3 is 6.61 Å². The quantitative estimate of drug-likeness (QED) is 0.449. The molecule has 1 aliphatic heterocycles. The third-order valence-electron chi connectivity index (χ3n) is 6.31. The normalized spacial score (nSPS) is 17.0. The lowest BCUT2D eigenvalue weighted by molar-refractivity contribution is -0.0502. The number of fused-ring (bicyclic) bond motifs is 1. The van der Waals surface area contributed by atoms with Gasteiger partial charge in [-0.15, -0.1) is 0 Å². The minimum Gasteiger partial charge on any atom is -0.496 e. The zero-order valence-corrected chi connectivity index (χ0v) is 18.3. The van der Waals surface area contributed by atoms with Gasteiger partial charge in [0.25, 0.3) is 0 Å². The fourth-order valence-corrected chi connectivity index (χ4v) is 4.38. The summed E-state index contributed by atoms with van der Waals surface area (Å²) >= 11 is 0. The molecule has 0 atom stereocenters. The second-order valence-electron chi connectivity index (χ2n) is 8.57. The molecule has 1 saturated heterocycles. The Morgan fingerprint density at radius 3 is 2.61 bits per heavy atom. The number of ether oxygens (including phenoxy) is 3. The van der Waals surface area contributed by atoms with Crippen molar-refractivity contribution in [3.8, 4) is 22.8 Å². The summed E-state index contributed by atoms with van der Waals surface area (Å²) in [6, 6.07) is 5.06.